The molecule has 2 rings (SSSR count). The minimum atomic E-state index is -0.382. The summed E-state index contributed by atoms with van der Waals surface area (Å²) in [6, 6.07) is 7.55. The number of ether oxygens (including phenoxy) is 2. The Hall–Kier alpha value is -0.900. The molecule has 0 bridgehead atoms. The second-order valence-corrected chi connectivity index (χ2v) is 4.81. The van der Waals surface area contributed by atoms with Crippen LogP contribution in [0.3, 0.4) is 0 Å². The number of Topliss-reactive ketones (excluding diaryl/α,β-unsaturated/α-hetero) is 1. The van der Waals surface area contributed by atoms with Crippen LogP contribution in [0.15, 0.2) is 24.3 Å². The lowest BCUT2D eigenvalue weighted by Gasteiger charge is -2.34. The monoisotopic (exact) mass is 268 g/mol. The zero-order chi connectivity index (χ0) is 13.0. The third-order valence-electron chi connectivity index (χ3n) is 2.97. The van der Waals surface area contributed by atoms with E-state index in [2.05, 4.69) is 0 Å². The number of carbonyl (C=O) groups is 1. The van der Waals surface area contributed by atoms with E-state index in [9.17, 15) is 4.79 Å². The molecule has 0 N–H and O–H groups in total. The van der Waals surface area contributed by atoms with Gasteiger partial charge in [0.05, 0.1) is 12.7 Å². The molecule has 3 nitrogen and oxygen atoms in total. The molecular formula is C14H17ClO3. The first-order valence-corrected chi connectivity index (χ1v) is 6.59. The summed E-state index contributed by atoms with van der Waals surface area (Å²) >= 11 is 6.04. The SMILES string of the molecule is CCCOC1C(=O)CC1OCc1ccccc1Cl. The average Bonchev–Trinajstić information content (AvgIpc) is 2.36. The molecule has 18 heavy (non-hydrogen) atoms. The molecular weight excluding hydrogens is 252 g/mol. The van der Waals surface area contributed by atoms with E-state index in [1.54, 1.807) is 0 Å². The highest BCUT2D eigenvalue weighted by Gasteiger charge is 2.41. The van der Waals surface area contributed by atoms with Crippen LogP contribution in [0, 0.1) is 0 Å². The Balaban J connectivity index is 1.84. The van der Waals surface area contributed by atoms with E-state index in [0.717, 1.165) is 12.0 Å². The number of rotatable bonds is 6. The molecule has 0 radical (unpaired) electrons. The largest absolute Gasteiger partial charge is 0.370 e. The van der Waals surface area contributed by atoms with Gasteiger partial charge in [-0.15, -0.1) is 0 Å². The van der Waals surface area contributed by atoms with Gasteiger partial charge >= 0.3 is 0 Å². The molecule has 2 atom stereocenters. The van der Waals surface area contributed by atoms with Crippen LogP contribution in [0.25, 0.3) is 0 Å². The molecule has 1 aromatic rings. The lowest BCUT2D eigenvalue weighted by Crippen LogP contribution is -2.50. The Kier molecular flexibility index (Phi) is 4.75. The van der Waals surface area contributed by atoms with E-state index >= 15 is 0 Å². The van der Waals surface area contributed by atoms with Crippen molar-refractivity contribution >= 4 is 17.4 Å². The van der Waals surface area contributed by atoms with Gasteiger partial charge in [0.2, 0.25) is 0 Å². The smallest absolute Gasteiger partial charge is 0.166 e. The minimum Gasteiger partial charge on any atom is -0.370 e. The van der Waals surface area contributed by atoms with Crippen molar-refractivity contribution in [3.8, 4) is 0 Å². The predicted octanol–water partition coefficient (Wildman–Crippen LogP) is 2.99. The van der Waals surface area contributed by atoms with Gasteiger partial charge in [0.1, 0.15) is 6.10 Å². The van der Waals surface area contributed by atoms with E-state index in [4.69, 9.17) is 21.1 Å². The lowest BCUT2D eigenvalue weighted by atomic mass is 9.90. The lowest BCUT2D eigenvalue weighted by molar-refractivity contribution is -0.167. The summed E-state index contributed by atoms with van der Waals surface area (Å²) in [5.74, 6) is 0.132. The number of hydrogen-bond donors (Lipinski definition) is 0. The Labute approximate surface area is 112 Å². The van der Waals surface area contributed by atoms with Gasteiger partial charge in [-0.1, -0.05) is 36.7 Å². The number of halogens is 1. The molecule has 0 aromatic heterocycles. The molecule has 0 amide bonds. The molecule has 98 valence electrons. The summed E-state index contributed by atoms with van der Waals surface area (Å²) in [5, 5.41) is 0.689. The Morgan fingerprint density at radius 1 is 1.33 bits per heavy atom. The van der Waals surface area contributed by atoms with E-state index in [0.29, 0.717) is 24.7 Å². The van der Waals surface area contributed by atoms with E-state index < -0.39 is 0 Å². The fourth-order valence-corrected chi connectivity index (χ4v) is 2.06. The van der Waals surface area contributed by atoms with Gasteiger partial charge < -0.3 is 9.47 Å². The van der Waals surface area contributed by atoms with Gasteiger partial charge in [0.15, 0.2) is 5.78 Å². The Bertz CT molecular complexity index is 419. The number of benzene rings is 1. The zero-order valence-corrected chi connectivity index (χ0v) is 11.2. The third kappa shape index (κ3) is 3.10. The summed E-state index contributed by atoms with van der Waals surface area (Å²) in [6.45, 7) is 3.04. The fraction of sp³-hybridized carbons (Fsp3) is 0.500. The van der Waals surface area contributed by atoms with Crippen molar-refractivity contribution in [2.45, 2.75) is 38.6 Å². The maximum absolute atomic E-state index is 11.4. The summed E-state index contributed by atoms with van der Waals surface area (Å²) in [6.07, 6.45) is 0.840. The van der Waals surface area contributed by atoms with E-state index in [1.807, 2.05) is 31.2 Å². The van der Waals surface area contributed by atoms with Crippen LogP contribution in [-0.4, -0.2) is 24.6 Å². The first kappa shape index (κ1) is 13.5. The highest BCUT2D eigenvalue weighted by molar-refractivity contribution is 6.31. The number of carbonyl (C=O) groups excluding carboxylic acids is 1. The van der Waals surface area contributed by atoms with Crippen molar-refractivity contribution in [1.82, 2.24) is 0 Å². The molecule has 1 aromatic carbocycles. The van der Waals surface area contributed by atoms with Crippen molar-refractivity contribution in [3.05, 3.63) is 34.9 Å². The summed E-state index contributed by atoms with van der Waals surface area (Å²) in [7, 11) is 0. The highest BCUT2D eigenvalue weighted by atomic mass is 35.5. The molecule has 4 heteroatoms. The molecule has 1 saturated carbocycles. The van der Waals surface area contributed by atoms with Crippen LogP contribution in [0.4, 0.5) is 0 Å². The van der Waals surface area contributed by atoms with E-state index in [-0.39, 0.29) is 18.0 Å². The molecule has 1 fully saturated rings. The van der Waals surface area contributed by atoms with Gasteiger partial charge in [0, 0.05) is 18.1 Å². The maximum Gasteiger partial charge on any atom is 0.166 e. The van der Waals surface area contributed by atoms with Crippen molar-refractivity contribution in [1.29, 1.82) is 0 Å². The average molecular weight is 269 g/mol. The van der Waals surface area contributed by atoms with Crippen molar-refractivity contribution in [3.63, 3.8) is 0 Å². The van der Waals surface area contributed by atoms with Gasteiger partial charge in [0.25, 0.3) is 0 Å². The fourth-order valence-electron chi connectivity index (χ4n) is 1.87. The topological polar surface area (TPSA) is 35.5 Å². The summed E-state index contributed by atoms with van der Waals surface area (Å²) in [5.41, 5.74) is 0.938. The summed E-state index contributed by atoms with van der Waals surface area (Å²) < 4.78 is 11.2. The van der Waals surface area contributed by atoms with Crippen LogP contribution >= 0.6 is 11.6 Å². The maximum atomic E-state index is 11.4. The number of hydrogen-bond acceptors (Lipinski definition) is 3. The highest BCUT2D eigenvalue weighted by Crippen LogP contribution is 2.25. The first-order chi connectivity index (χ1) is 8.72. The quantitative estimate of drug-likeness (QED) is 0.796. The van der Waals surface area contributed by atoms with Crippen molar-refractivity contribution in [2.24, 2.45) is 0 Å². The van der Waals surface area contributed by atoms with Crippen molar-refractivity contribution in [2.75, 3.05) is 6.61 Å². The standard InChI is InChI=1S/C14H17ClO3/c1-2-7-17-14-12(16)8-13(14)18-9-10-5-3-4-6-11(10)15/h3-6,13-14H,2,7-9H2,1H3. The zero-order valence-electron chi connectivity index (χ0n) is 10.4. The van der Waals surface area contributed by atoms with Crippen LogP contribution in [0.5, 0.6) is 0 Å². The normalized spacial score (nSPS) is 22.9. The molecule has 0 aliphatic heterocycles. The van der Waals surface area contributed by atoms with E-state index in [1.165, 1.54) is 0 Å². The van der Waals surface area contributed by atoms with Crippen LogP contribution in [-0.2, 0) is 20.9 Å². The third-order valence-corrected chi connectivity index (χ3v) is 3.34. The van der Waals surface area contributed by atoms with Crippen molar-refractivity contribution < 1.29 is 14.3 Å². The summed E-state index contributed by atoms with van der Waals surface area (Å²) in [4.78, 5) is 11.4. The van der Waals surface area contributed by atoms with Gasteiger partial charge in [-0.3, -0.25) is 4.79 Å². The molecule has 2 unspecified atom stereocenters. The van der Waals surface area contributed by atoms with Crippen LogP contribution in [0.2, 0.25) is 5.02 Å². The van der Waals surface area contributed by atoms with Gasteiger partial charge in [-0.2, -0.15) is 0 Å². The second kappa shape index (κ2) is 6.32. The molecule has 1 aliphatic carbocycles. The minimum absolute atomic E-state index is 0.125. The van der Waals surface area contributed by atoms with Gasteiger partial charge in [-0.05, 0) is 18.1 Å². The first-order valence-electron chi connectivity index (χ1n) is 6.21. The Morgan fingerprint density at radius 3 is 2.78 bits per heavy atom. The van der Waals surface area contributed by atoms with Crippen LogP contribution < -0.4 is 0 Å². The van der Waals surface area contributed by atoms with Crippen LogP contribution in [0.1, 0.15) is 25.3 Å². The molecule has 0 spiro atoms. The molecule has 0 heterocycles. The van der Waals surface area contributed by atoms with Gasteiger partial charge in [-0.25, -0.2) is 0 Å². The predicted molar refractivity (Wildman–Crippen MR) is 69.7 cm³/mol. The Morgan fingerprint density at radius 2 is 2.11 bits per heavy atom. The molecule has 1 aliphatic rings. The molecule has 0 saturated heterocycles. The number of ketones is 1. The second-order valence-electron chi connectivity index (χ2n) is 4.40.